The molecule has 1 rings (SSSR count). The quantitative estimate of drug-likeness (QED) is 0.751. The van der Waals surface area contributed by atoms with Crippen LogP contribution in [-0.2, 0) is 0 Å². The first-order chi connectivity index (χ1) is 8.13. The van der Waals surface area contributed by atoms with Gasteiger partial charge in [-0.2, -0.15) is 11.8 Å². The normalized spacial score (nSPS) is 13.0. The van der Waals surface area contributed by atoms with Crippen LogP contribution in [0, 0.1) is 6.92 Å². The third-order valence-electron chi connectivity index (χ3n) is 2.80. The molecule has 0 spiro atoms. The Balaban J connectivity index is 2.40. The Morgan fingerprint density at radius 3 is 2.41 bits per heavy atom. The molecule has 0 amide bonds. The maximum Gasteiger partial charge on any atom is 0.0409 e. The van der Waals surface area contributed by atoms with Crippen molar-refractivity contribution in [3.05, 3.63) is 35.4 Å². The number of thioether (sulfide) groups is 1. The summed E-state index contributed by atoms with van der Waals surface area (Å²) in [5, 5.41) is 3.39. The number of nitrogens with one attached hydrogen (secondary N) is 1. The average Bonchev–Trinajstić information content (AvgIpc) is 2.30. The van der Waals surface area contributed by atoms with Gasteiger partial charge in [-0.3, -0.25) is 0 Å². The molecule has 1 atom stereocenters. The molecule has 0 aliphatic carbocycles. The van der Waals surface area contributed by atoms with E-state index in [2.05, 4.69) is 55.5 Å². The van der Waals surface area contributed by atoms with E-state index < -0.39 is 0 Å². The van der Waals surface area contributed by atoms with Crippen LogP contribution in [0.25, 0.3) is 0 Å². The van der Waals surface area contributed by atoms with E-state index in [-0.39, 0.29) is 0 Å². The van der Waals surface area contributed by atoms with E-state index in [1.165, 1.54) is 16.9 Å². The van der Waals surface area contributed by atoms with Crippen LogP contribution in [0.3, 0.4) is 0 Å². The molecule has 0 aliphatic heterocycles. The first kappa shape index (κ1) is 14.6. The first-order valence-electron chi connectivity index (χ1n) is 6.09. The summed E-state index contributed by atoms with van der Waals surface area (Å²) < 4.78 is 0. The average molecular weight is 252 g/mol. The maximum atomic E-state index is 3.39. The highest BCUT2D eigenvalue weighted by molar-refractivity contribution is 7.99. The SMILES string of the molecule is CNC(CSCCN(C)C)c1ccc(C)cc1. The Labute approximate surface area is 110 Å². The summed E-state index contributed by atoms with van der Waals surface area (Å²) in [6.07, 6.45) is 0. The summed E-state index contributed by atoms with van der Waals surface area (Å²) >= 11 is 2.01. The highest BCUT2D eigenvalue weighted by Crippen LogP contribution is 2.18. The standard InChI is InChI=1S/C14H24N2S/c1-12-5-7-13(8-6-12)14(15-2)11-17-10-9-16(3)4/h5-8,14-15H,9-11H2,1-4H3. The minimum atomic E-state index is 0.461. The second kappa shape index (κ2) is 7.75. The molecule has 3 heteroatoms. The lowest BCUT2D eigenvalue weighted by Crippen LogP contribution is -2.20. The molecule has 0 heterocycles. The van der Waals surface area contributed by atoms with Gasteiger partial charge in [-0.1, -0.05) is 29.8 Å². The predicted molar refractivity (Wildman–Crippen MR) is 78.9 cm³/mol. The molecule has 17 heavy (non-hydrogen) atoms. The molecule has 0 saturated heterocycles. The lowest BCUT2D eigenvalue weighted by atomic mass is 10.1. The van der Waals surface area contributed by atoms with Gasteiger partial charge in [0.2, 0.25) is 0 Å². The monoisotopic (exact) mass is 252 g/mol. The van der Waals surface area contributed by atoms with Crippen LogP contribution in [0.5, 0.6) is 0 Å². The number of hydrogen-bond donors (Lipinski definition) is 1. The van der Waals surface area contributed by atoms with Crippen LogP contribution < -0.4 is 5.32 Å². The molecule has 0 aliphatic rings. The zero-order valence-corrected chi connectivity index (χ0v) is 12.2. The lowest BCUT2D eigenvalue weighted by Gasteiger charge is -2.17. The molecule has 96 valence electrons. The van der Waals surface area contributed by atoms with Gasteiger partial charge in [0, 0.05) is 24.1 Å². The number of aryl methyl sites for hydroxylation is 1. The zero-order valence-electron chi connectivity index (χ0n) is 11.4. The molecule has 0 radical (unpaired) electrons. The van der Waals surface area contributed by atoms with Crippen molar-refractivity contribution in [3.63, 3.8) is 0 Å². The van der Waals surface area contributed by atoms with Gasteiger partial charge in [0.1, 0.15) is 0 Å². The molecule has 1 unspecified atom stereocenters. The summed E-state index contributed by atoms with van der Waals surface area (Å²) in [6.45, 7) is 3.28. The predicted octanol–water partition coefficient (Wildman–Crippen LogP) is 2.55. The smallest absolute Gasteiger partial charge is 0.0409 e. The Morgan fingerprint density at radius 1 is 1.24 bits per heavy atom. The van der Waals surface area contributed by atoms with E-state index in [0.29, 0.717) is 6.04 Å². The van der Waals surface area contributed by atoms with Crippen molar-refractivity contribution in [2.75, 3.05) is 39.2 Å². The van der Waals surface area contributed by atoms with Crippen molar-refractivity contribution in [3.8, 4) is 0 Å². The Morgan fingerprint density at radius 2 is 1.88 bits per heavy atom. The van der Waals surface area contributed by atoms with Gasteiger partial charge < -0.3 is 10.2 Å². The topological polar surface area (TPSA) is 15.3 Å². The van der Waals surface area contributed by atoms with Crippen LogP contribution in [-0.4, -0.2) is 44.1 Å². The Hall–Kier alpha value is -0.510. The second-order valence-electron chi connectivity index (χ2n) is 4.63. The van der Waals surface area contributed by atoms with Crippen LogP contribution in [0.15, 0.2) is 24.3 Å². The second-order valence-corrected chi connectivity index (χ2v) is 5.78. The van der Waals surface area contributed by atoms with E-state index in [4.69, 9.17) is 0 Å². The third kappa shape index (κ3) is 5.57. The highest BCUT2D eigenvalue weighted by atomic mass is 32.2. The van der Waals surface area contributed by atoms with Crippen molar-refractivity contribution in [1.82, 2.24) is 10.2 Å². The van der Waals surface area contributed by atoms with Crippen LogP contribution >= 0.6 is 11.8 Å². The largest absolute Gasteiger partial charge is 0.312 e. The Kier molecular flexibility index (Phi) is 6.63. The minimum Gasteiger partial charge on any atom is -0.312 e. The number of hydrogen-bond acceptors (Lipinski definition) is 3. The molecule has 2 nitrogen and oxygen atoms in total. The number of benzene rings is 1. The molecule has 1 aromatic rings. The van der Waals surface area contributed by atoms with Crippen molar-refractivity contribution in [1.29, 1.82) is 0 Å². The first-order valence-corrected chi connectivity index (χ1v) is 7.25. The molecule has 0 aromatic heterocycles. The fraction of sp³-hybridized carbons (Fsp3) is 0.571. The molecule has 0 bridgehead atoms. The van der Waals surface area contributed by atoms with Gasteiger partial charge in [0.05, 0.1) is 0 Å². The van der Waals surface area contributed by atoms with Crippen LogP contribution in [0.1, 0.15) is 17.2 Å². The molecular weight excluding hydrogens is 228 g/mol. The van der Waals surface area contributed by atoms with E-state index >= 15 is 0 Å². The molecule has 0 saturated carbocycles. The van der Waals surface area contributed by atoms with Gasteiger partial charge in [-0.15, -0.1) is 0 Å². The molecule has 1 aromatic carbocycles. The molecular formula is C14H24N2S. The molecule has 0 fully saturated rings. The van der Waals surface area contributed by atoms with Gasteiger partial charge >= 0.3 is 0 Å². The van der Waals surface area contributed by atoms with Crippen molar-refractivity contribution in [2.24, 2.45) is 0 Å². The summed E-state index contributed by atoms with van der Waals surface area (Å²) in [7, 11) is 6.28. The third-order valence-corrected chi connectivity index (χ3v) is 3.84. The minimum absolute atomic E-state index is 0.461. The van der Waals surface area contributed by atoms with Crippen molar-refractivity contribution >= 4 is 11.8 Å². The lowest BCUT2D eigenvalue weighted by molar-refractivity contribution is 0.437. The van der Waals surface area contributed by atoms with Crippen molar-refractivity contribution < 1.29 is 0 Å². The van der Waals surface area contributed by atoms with Crippen LogP contribution in [0.4, 0.5) is 0 Å². The van der Waals surface area contributed by atoms with Gasteiger partial charge in [-0.05, 0) is 33.6 Å². The van der Waals surface area contributed by atoms with E-state index in [1.54, 1.807) is 0 Å². The fourth-order valence-electron chi connectivity index (χ4n) is 1.59. The summed E-state index contributed by atoms with van der Waals surface area (Å²) in [6, 6.07) is 9.28. The number of nitrogens with zero attached hydrogens (tertiary/aromatic N) is 1. The number of rotatable bonds is 7. The zero-order chi connectivity index (χ0) is 12.7. The maximum absolute atomic E-state index is 3.39. The summed E-state index contributed by atoms with van der Waals surface area (Å²) in [4.78, 5) is 2.23. The van der Waals surface area contributed by atoms with E-state index in [9.17, 15) is 0 Å². The van der Waals surface area contributed by atoms with Crippen molar-refractivity contribution in [2.45, 2.75) is 13.0 Å². The van der Waals surface area contributed by atoms with E-state index in [1.807, 2.05) is 18.8 Å². The van der Waals surface area contributed by atoms with Gasteiger partial charge in [0.15, 0.2) is 0 Å². The van der Waals surface area contributed by atoms with Gasteiger partial charge in [0.25, 0.3) is 0 Å². The fourth-order valence-corrected chi connectivity index (χ4v) is 2.85. The summed E-state index contributed by atoms with van der Waals surface area (Å²) in [5.41, 5.74) is 2.71. The Bertz CT molecular complexity index is 309. The summed E-state index contributed by atoms with van der Waals surface area (Å²) in [5.74, 6) is 2.32. The highest BCUT2D eigenvalue weighted by Gasteiger charge is 2.08. The van der Waals surface area contributed by atoms with E-state index in [0.717, 1.165) is 12.3 Å². The van der Waals surface area contributed by atoms with Gasteiger partial charge in [-0.25, -0.2) is 0 Å². The molecule has 1 N–H and O–H groups in total. The van der Waals surface area contributed by atoms with Crippen LogP contribution in [0.2, 0.25) is 0 Å².